The number of nitrogens with one attached hydrogen (secondary N) is 1. The van der Waals surface area contributed by atoms with Crippen LogP contribution in [0.5, 0.6) is 0 Å². The van der Waals surface area contributed by atoms with Crippen molar-refractivity contribution in [1.29, 1.82) is 0 Å². The highest BCUT2D eigenvalue weighted by Crippen LogP contribution is 2.37. The van der Waals surface area contributed by atoms with E-state index in [1.807, 2.05) is 37.3 Å². The molecule has 194 valence electrons. The van der Waals surface area contributed by atoms with E-state index in [4.69, 9.17) is 21.7 Å². The Balaban J connectivity index is 1.60. The summed E-state index contributed by atoms with van der Waals surface area (Å²) in [4.78, 5) is 56.5. The van der Waals surface area contributed by atoms with Gasteiger partial charge in [0.1, 0.15) is 5.25 Å². The minimum atomic E-state index is -0.984. The Morgan fingerprint density at radius 2 is 1.97 bits per heavy atom. The predicted molar refractivity (Wildman–Crippen MR) is 142 cm³/mol. The quantitative estimate of drug-likeness (QED) is 0.314. The number of carboxylic acids is 1. The summed E-state index contributed by atoms with van der Waals surface area (Å²) in [5.74, 6) is -1.82. The van der Waals surface area contributed by atoms with Crippen molar-refractivity contribution in [3.63, 3.8) is 0 Å². The van der Waals surface area contributed by atoms with Gasteiger partial charge in [0.2, 0.25) is 11.8 Å². The first kappa shape index (κ1) is 26.7. The minimum Gasteiger partial charge on any atom is -0.481 e. The third kappa shape index (κ3) is 6.14. The highest BCUT2D eigenvalue weighted by Gasteiger charge is 2.35. The summed E-state index contributed by atoms with van der Waals surface area (Å²) >= 11 is 7.30. The van der Waals surface area contributed by atoms with E-state index >= 15 is 0 Å². The molecular formula is C26H27ClN4O5S. The first-order valence-corrected chi connectivity index (χ1v) is 13.2. The van der Waals surface area contributed by atoms with Crippen molar-refractivity contribution in [2.24, 2.45) is 5.92 Å². The molecule has 1 fully saturated rings. The fourth-order valence-electron chi connectivity index (χ4n) is 4.31. The summed E-state index contributed by atoms with van der Waals surface area (Å²) in [5.41, 5.74) is 1.04. The molecular weight excluding hydrogens is 516 g/mol. The van der Waals surface area contributed by atoms with Crippen LogP contribution in [0.25, 0.3) is 10.9 Å². The van der Waals surface area contributed by atoms with Crippen molar-refractivity contribution in [1.82, 2.24) is 19.8 Å². The van der Waals surface area contributed by atoms with E-state index in [2.05, 4.69) is 5.32 Å². The van der Waals surface area contributed by atoms with E-state index in [0.29, 0.717) is 40.6 Å². The maximum Gasteiger partial charge on any atom is 0.305 e. The lowest BCUT2D eigenvalue weighted by atomic mass is 10.1. The third-order valence-electron chi connectivity index (χ3n) is 6.26. The average molecular weight is 543 g/mol. The standard InChI is InChI=1S/C26H27ClN4O5S/c1-2-31-24(35)19-14-18(27)8-9-20(19)29-26(31)37-22(16-6-4-3-5-7-16)25(36)30-13-11-17(15-30)23(34)28-12-10-21(32)33/h3-9,14,17,22H,2,10-13,15H2,1H3,(H,28,34)(H,32,33)/t17-,22?/m0/s1. The van der Waals surface area contributed by atoms with Crippen molar-refractivity contribution in [3.05, 3.63) is 69.5 Å². The molecule has 1 unspecified atom stereocenters. The van der Waals surface area contributed by atoms with Crippen molar-refractivity contribution >= 4 is 52.0 Å². The van der Waals surface area contributed by atoms with Crippen LogP contribution in [0.3, 0.4) is 0 Å². The normalized spacial score (nSPS) is 16.1. The molecule has 2 atom stereocenters. The monoisotopic (exact) mass is 542 g/mol. The second-order valence-corrected chi connectivity index (χ2v) is 10.2. The Bertz CT molecular complexity index is 1380. The van der Waals surface area contributed by atoms with Gasteiger partial charge in [0.15, 0.2) is 5.16 Å². The molecule has 0 spiro atoms. The number of fused-ring (bicyclic) bond motifs is 1. The second kappa shape index (κ2) is 11.8. The number of benzene rings is 2. The zero-order valence-electron chi connectivity index (χ0n) is 20.2. The number of carbonyl (C=O) groups excluding carboxylic acids is 2. The number of aromatic nitrogens is 2. The van der Waals surface area contributed by atoms with Crippen LogP contribution in [-0.2, 0) is 20.9 Å². The summed E-state index contributed by atoms with van der Waals surface area (Å²) in [6.07, 6.45) is 0.337. The summed E-state index contributed by atoms with van der Waals surface area (Å²) in [7, 11) is 0. The largest absolute Gasteiger partial charge is 0.481 e. The van der Waals surface area contributed by atoms with Crippen LogP contribution >= 0.6 is 23.4 Å². The zero-order valence-corrected chi connectivity index (χ0v) is 21.8. The lowest BCUT2D eigenvalue weighted by Gasteiger charge is -2.24. The van der Waals surface area contributed by atoms with Crippen molar-refractivity contribution in [3.8, 4) is 0 Å². The number of likely N-dealkylation sites (tertiary alicyclic amines) is 1. The Morgan fingerprint density at radius 1 is 1.22 bits per heavy atom. The maximum absolute atomic E-state index is 13.8. The first-order chi connectivity index (χ1) is 17.8. The summed E-state index contributed by atoms with van der Waals surface area (Å²) in [6.45, 7) is 2.91. The van der Waals surface area contributed by atoms with Crippen molar-refractivity contribution in [2.75, 3.05) is 19.6 Å². The minimum absolute atomic E-state index is 0.0501. The first-order valence-electron chi connectivity index (χ1n) is 12.0. The molecule has 1 aliphatic rings. The Kier molecular flexibility index (Phi) is 8.50. The van der Waals surface area contributed by atoms with Gasteiger partial charge in [-0.15, -0.1) is 0 Å². The molecule has 1 aromatic heterocycles. The molecule has 37 heavy (non-hydrogen) atoms. The van der Waals surface area contributed by atoms with Crippen LogP contribution in [-0.4, -0.2) is 57.0 Å². The number of carbonyl (C=O) groups is 3. The highest BCUT2D eigenvalue weighted by atomic mass is 35.5. The lowest BCUT2D eigenvalue weighted by molar-refractivity contribution is -0.137. The van der Waals surface area contributed by atoms with E-state index in [0.717, 1.165) is 5.56 Å². The third-order valence-corrected chi connectivity index (χ3v) is 7.72. The molecule has 9 nitrogen and oxygen atoms in total. The van der Waals surface area contributed by atoms with Gasteiger partial charge >= 0.3 is 5.97 Å². The number of rotatable bonds is 9. The fraction of sp³-hybridized carbons (Fsp3) is 0.346. The molecule has 0 saturated carbocycles. The molecule has 0 bridgehead atoms. The highest BCUT2D eigenvalue weighted by molar-refractivity contribution is 8.00. The van der Waals surface area contributed by atoms with Gasteiger partial charge in [-0.1, -0.05) is 53.7 Å². The number of hydrogen-bond acceptors (Lipinski definition) is 6. The Labute approximate surface area is 222 Å². The summed E-state index contributed by atoms with van der Waals surface area (Å²) in [6, 6.07) is 14.2. The summed E-state index contributed by atoms with van der Waals surface area (Å²) < 4.78 is 1.54. The summed E-state index contributed by atoms with van der Waals surface area (Å²) in [5, 5.41) is 12.0. The van der Waals surface area contributed by atoms with Gasteiger partial charge in [-0.3, -0.25) is 23.7 Å². The van der Waals surface area contributed by atoms with E-state index in [1.165, 1.54) is 16.3 Å². The average Bonchev–Trinajstić information content (AvgIpc) is 3.38. The number of aliphatic carboxylic acids is 1. The van der Waals surface area contributed by atoms with Crippen LogP contribution in [0.2, 0.25) is 5.02 Å². The van der Waals surface area contributed by atoms with E-state index < -0.39 is 17.1 Å². The van der Waals surface area contributed by atoms with Gasteiger partial charge in [0.25, 0.3) is 5.56 Å². The van der Waals surface area contributed by atoms with Crippen LogP contribution in [0.4, 0.5) is 0 Å². The molecule has 1 saturated heterocycles. The van der Waals surface area contributed by atoms with Gasteiger partial charge in [0, 0.05) is 31.2 Å². The van der Waals surface area contributed by atoms with Gasteiger partial charge in [-0.25, -0.2) is 4.98 Å². The maximum atomic E-state index is 13.8. The number of amides is 2. The SMILES string of the molecule is CCn1c(SC(C(=O)N2CC[C@H](C(=O)NCCC(=O)O)C2)c2ccccc2)nc2ccc(Cl)cc2c1=O. The smallest absolute Gasteiger partial charge is 0.305 e. The number of carboxylic acid groups (broad SMARTS) is 1. The molecule has 0 aliphatic carbocycles. The molecule has 2 heterocycles. The van der Waals surface area contributed by atoms with Crippen molar-refractivity contribution < 1.29 is 19.5 Å². The topological polar surface area (TPSA) is 122 Å². The van der Waals surface area contributed by atoms with Crippen LogP contribution < -0.4 is 10.9 Å². The number of thioether (sulfide) groups is 1. The van der Waals surface area contributed by atoms with Crippen LogP contribution in [0, 0.1) is 5.92 Å². The zero-order chi connectivity index (χ0) is 26.5. The van der Waals surface area contributed by atoms with Crippen LogP contribution in [0.15, 0.2) is 58.5 Å². The van der Waals surface area contributed by atoms with Crippen molar-refractivity contribution in [2.45, 2.75) is 36.7 Å². The Morgan fingerprint density at radius 3 is 2.68 bits per heavy atom. The molecule has 2 aromatic carbocycles. The molecule has 2 N–H and O–H groups in total. The number of halogens is 1. The van der Waals surface area contributed by atoms with E-state index in [-0.39, 0.29) is 36.9 Å². The fourth-order valence-corrected chi connectivity index (χ4v) is 5.73. The van der Waals surface area contributed by atoms with Gasteiger partial charge in [-0.2, -0.15) is 0 Å². The van der Waals surface area contributed by atoms with E-state index in [1.54, 1.807) is 23.1 Å². The van der Waals surface area contributed by atoms with Gasteiger partial charge in [-0.05, 0) is 37.1 Å². The van der Waals surface area contributed by atoms with E-state index in [9.17, 15) is 19.2 Å². The molecule has 11 heteroatoms. The Hall–Kier alpha value is -3.37. The predicted octanol–water partition coefficient (Wildman–Crippen LogP) is 3.34. The van der Waals surface area contributed by atoms with Gasteiger partial charge < -0.3 is 15.3 Å². The molecule has 0 radical (unpaired) electrons. The molecule has 3 aromatic rings. The molecule has 1 aliphatic heterocycles. The number of nitrogens with zero attached hydrogens (tertiary/aromatic N) is 3. The van der Waals surface area contributed by atoms with Crippen LogP contribution in [0.1, 0.15) is 30.6 Å². The molecule has 2 amide bonds. The number of hydrogen-bond donors (Lipinski definition) is 2. The lowest BCUT2D eigenvalue weighted by Crippen LogP contribution is -2.37. The molecule has 4 rings (SSSR count). The van der Waals surface area contributed by atoms with Gasteiger partial charge in [0.05, 0.1) is 23.2 Å². The second-order valence-electron chi connectivity index (χ2n) is 8.72.